The van der Waals surface area contributed by atoms with Gasteiger partial charge in [0.15, 0.2) is 0 Å². The normalized spacial score (nSPS) is 12.0. The van der Waals surface area contributed by atoms with Crippen molar-refractivity contribution in [1.29, 1.82) is 0 Å². The fraction of sp³-hybridized carbons (Fsp3) is 0.257. The summed E-state index contributed by atoms with van der Waals surface area (Å²) < 4.78 is 43.9. The number of halogens is 1. The highest BCUT2D eigenvalue weighted by molar-refractivity contribution is 7.92. The minimum atomic E-state index is -4.37. The van der Waals surface area contributed by atoms with Crippen LogP contribution in [0.5, 0.6) is 0 Å². The lowest BCUT2D eigenvalue weighted by Crippen LogP contribution is -2.54. The van der Waals surface area contributed by atoms with Crippen LogP contribution in [0.1, 0.15) is 30.5 Å². The molecule has 0 aliphatic heterocycles. The first-order valence-corrected chi connectivity index (χ1v) is 16.0. The average molecular weight is 616 g/mol. The third-order valence-corrected chi connectivity index (χ3v) is 9.06. The number of rotatable bonds is 13. The lowest BCUT2D eigenvalue weighted by Gasteiger charge is -2.34. The summed E-state index contributed by atoms with van der Waals surface area (Å²) in [5.41, 5.74) is 2.29. The second kappa shape index (κ2) is 14.8. The molecule has 0 aliphatic rings. The van der Waals surface area contributed by atoms with Crippen LogP contribution >= 0.6 is 0 Å². The van der Waals surface area contributed by atoms with Gasteiger partial charge in [0.2, 0.25) is 11.8 Å². The smallest absolute Gasteiger partial charge is 0.264 e. The zero-order valence-electron chi connectivity index (χ0n) is 25.2. The number of carbonyl (C=O) groups excluding carboxylic acids is 2. The van der Waals surface area contributed by atoms with Crippen LogP contribution < -0.4 is 9.62 Å². The molecule has 0 heterocycles. The Morgan fingerprint density at radius 2 is 1.41 bits per heavy atom. The Kier molecular flexibility index (Phi) is 10.9. The minimum absolute atomic E-state index is 0.0502. The Balaban J connectivity index is 1.81. The van der Waals surface area contributed by atoms with Crippen LogP contribution in [0.2, 0.25) is 0 Å². The van der Waals surface area contributed by atoms with Crippen LogP contribution in [-0.4, -0.2) is 44.3 Å². The first kappa shape index (κ1) is 32.4. The molecule has 0 saturated heterocycles. The van der Waals surface area contributed by atoms with Crippen molar-refractivity contribution < 1.29 is 22.4 Å². The number of aryl methyl sites for hydroxylation is 1. The van der Waals surface area contributed by atoms with Gasteiger partial charge in [-0.15, -0.1) is 0 Å². The molecule has 0 aromatic heterocycles. The first-order chi connectivity index (χ1) is 21.1. The topological polar surface area (TPSA) is 86.8 Å². The highest BCUT2D eigenvalue weighted by Crippen LogP contribution is 2.27. The first-order valence-electron chi connectivity index (χ1n) is 14.6. The standard InChI is InChI=1S/C35H38FN3O4S/c1-26(2)23-37-35(41)33(22-28-15-6-4-7-16-28)38(24-29-17-11-10-14-27(29)3)34(40)25-39(32-21-13-12-20-31(32)36)44(42,43)30-18-8-5-9-19-30/h4-21,26,33H,22-25H2,1-3H3,(H,37,41)/t33-/m1/s1. The van der Waals surface area contributed by atoms with E-state index in [0.717, 1.165) is 27.1 Å². The van der Waals surface area contributed by atoms with Gasteiger partial charge >= 0.3 is 0 Å². The SMILES string of the molecule is Cc1ccccc1CN(C(=O)CN(c1ccccc1F)S(=O)(=O)c1ccccc1)[C@H](Cc1ccccc1)C(=O)NCC(C)C. The zero-order chi connectivity index (χ0) is 31.7. The van der Waals surface area contributed by atoms with E-state index in [2.05, 4.69) is 5.32 Å². The molecule has 4 aromatic carbocycles. The van der Waals surface area contributed by atoms with Gasteiger partial charge in [-0.25, -0.2) is 12.8 Å². The molecule has 2 amide bonds. The molecule has 1 N–H and O–H groups in total. The van der Waals surface area contributed by atoms with Gasteiger partial charge < -0.3 is 10.2 Å². The van der Waals surface area contributed by atoms with E-state index < -0.39 is 34.3 Å². The van der Waals surface area contributed by atoms with Gasteiger partial charge in [-0.1, -0.05) is 98.8 Å². The van der Waals surface area contributed by atoms with Gasteiger partial charge in [-0.05, 0) is 53.8 Å². The Morgan fingerprint density at radius 3 is 2.05 bits per heavy atom. The molecular weight excluding hydrogens is 577 g/mol. The Labute approximate surface area is 259 Å². The van der Waals surface area contributed by atoms with Crippen molar-refractivity contribution in [3.05, 3.63) is 132 Å². The Bertz CT molecular complexity index is 1660. The van der Waals surface area contributed by atoms with E-state index in [1.165, 1.54) is 35.2 Å². The number of para-hydroxylation sites is 1. The number of hydrogen-bond acceptors (Lipinski definition) is 4. The molecule has 0 unspecified atom stereocenters. The van der Waals surface area contributed by atoms with Crippen molar-refractivity contribution in [3.63, 3.8) is 0 Å². The number of anilines is 1. The van der Waals surface area contributed by atoms with E-state index in [0.29, 0.717) is 6.54 Å². The lowest BCUT2D eigenvalue weighted by atomic mass is 10.0. The van der Waals surface area contributed by atoms with Crippen molar-refractivity contribution >= 4 is 27.5 Å². The summed E-state index contributed by atoms with van der Waals surface area (Å²) in [6, 6.07) is 28.9. The summed E-state index contributed by atoms with van der Waals surface area (Å²) >= 11 is 0. The monoisotopic (exact) mass is 615 g/mol. The zero-order valence-corrected chi connectivity index (χ0v) is 26.0. The predicted molar refractivity (Wildman–Crippen MR) is 171 cm³/mol. The van der Waals surface area contributed by atoms with E-state index in [4.69, 9.17) is 0 Å². The van der Waals surface area contributed by atoms with Crippen molar-refractivity contribution in [2.45, 2.75) is 44.7 Å². The van der Waals surface area contributed by atoms with Gasteiger partial charge in [0.05, 0.1) is 10.6 Å². The second-order valence-corrected chi connectivity index (χ2v) is 12.9. The van der Waals surface area contributed by atoms with Crippen LogP contribution in [0.15, 0.2) is 114 Å². The van der Waals surface area contributed by atoms with E-state index in [1.54, 1.807) is 18.2 Å². The number of amides is 2. The summed E-state index contributed by atoms with van der Waals surface area (Å²) in [6.45, 7) is 5.60. The van der Waals surface area contributed by atoms with Gasteiger partial charge in [0.1, 0.15) is 18.4 Å². The van der Waals surface area contributed by atoms with Crippen LogP contribution in [0.25, 0.3) is 0 Å². The molecule has 9 heteroatoms. The average Bonchev–Trinajstić information content (AvgIpc) is 3.02. The van der Waals surface area contributed by atoms with Crippen molar-refractivity contribution in [2.24, 2.45) is 5.92 Å². The highest BCUT2D eigenvalue weighted by atomic mass is 32.2. The van der Waals surface area contributed by atoms with Crippen LogP contribution in [0.3, 0.4) is 0 Å². The molecule has 4 aromatic rings. The predicted octanol–water partition coefficient (Wildman–Crippen LogP) is 5.74. The van der Waals surface area contributed by atoms with Gasteiger partial charge in [-0.3, -0.25) is 13.9 Å². The maximum Gasteiger partial charge on any atom is 0.264 e. The lowest BCUT2D eigenvalue weighted by molar-refractivity contribution is -0.140. The number of nitrogens with one attached hydrogen (secondary N) is 1. The molecule has 0 bridgehead atoms. The molecular formula is C35H38FN3O4S. The van der Waals surface area contributed by atoms with E-state index in [9.17, 15) is 18.0 Å². The van der Waals surface area contributed by atoms with Crippen LogP contribution in [0, 0.1) is 18.7 Å². The highest BCUT2D eigenvalue weighted by Gasteiger charge is 2.35. The molecule has 1 atom stereocenters. The third kappa shape index (κ3) is 8.11. The number of hydrogen-bond donors (Lipinski definition) is 1. The molecule has 7 nitrogen and oxygen atoms in total. The van der Waals surface area contributed by atoms with Gasteiger partial charge in [0, 0.05) is 19.5 Å². The van der Waals surface area contributed by atoms with E-state index in [1.807, 2.05) is 75.4 Å². The molecule has 0 spiro atoms. The summed E-state index contributed by atoms with van der Waals surface area (Å²) in [5.74, 6) is -1.62. The van der Waals surface area contributed by atoms with E-state index >= 15 is 4.39 Å². The van der Waals surface area contributed by atoms with Crippen molar-refractivity contribution in [2.75, 3.05) is 17.4 Å². The fourth-order valence-corrected chi connectivity index (χ4v) is 6.28. The minimum Gasteiger partial charge on any atom is -0.354 e. The number of nitrogens with zero attached hydrogens (tertiary/aromatic N) is 2. The molecule has 0 radical (unpaired) electrons. The summed E-state index contributed by atoms with van der Waals surface area (Å²) in [7, 11) is -4.37. The van der Waals surface area contributed by atoms with Crippen molar-refractivity contribution in [1.82, 2.24) is 10.2 Å². The summed E-state index contributed by atoms with van der Waals surface area (Å²) in [5, 5.41) is 2.96. The number of carbonyl (C=O) groups is 2. The largest absolute Gasteiger partial charge is 0.354 e. The van der Waals surface area contributed by atoms with E-state index in [-0.39, 0.29) is 35.4 Å². The van der Waals surface area contributed by atoms with Crippen LogP contribution in [0.4, 0.5) is 10.1 Å². The maximum absolute atomic E-state index is 15.2. The molecule has 44 heavy (non-hydrogen) atoms. The van der Waals surface area contributed by atoms with Crippen molar-refractivity contribution in [3.8, 4) is 0 Å². The summed E-state index contributed by atoms with van der Waals surface area (Å²) in [4.78, 5) is 29.6. The molecule has 4 rings (SSSR count). The molecule has 0 aliphatic carbocycles. The third-order valence-electron chi connectivity index (χ3n) is 7.29. The Hall–Kier alpha value is -4.50. The summed E-state index contributed by atoms with van der Waals surface area (Å²) in [6.07, 6.45) is 0.202. The Morgan fingerprint density at radius 1 is 0.818 bits per heavy atom. The van der Waals surface area contributed by atoms with Gasteiger partial charge in [-0.2, -0.15) is 0 Å². The molecule has 0 saturated carbocycles. The molecule has 230 valence electrons. The maximum atomic E-state index is 15.2. The number of benzene rings is 4. The quantitative estimate of drug-likeness (QED) is 0.208. The second-order valence-electron chi connectivity index (χ2n) is 11.1. The van der Waals surface area contributed by atoms with Crippen LogP contribution in [-0.2, 0) is 32.6 Å². The molecule has 0 fully saturated rings. The van der Waals surface area contributed by atoms with Gasteiger partial charge in [0.25, 0.3) is 10.0 Å². The number of sulfonamides is 1. The fourth-order valence-electron chi connectivity index (χ4n) is 4.83.